The molecule has 0 N–H and O–H groups in total. The summed E-state index contributed by atoms with van der Waals surface area (Å²) in [6.07, 6.45) is 0. The Morgan fingerprint density at radius 3 is 2.73 bits per heavy atom. The highest BCUT2D eigenvalue weighted by molar-refractivity contribution is 14.1. The molecule has 0 aromatic heterocycles. The highest BCUT2D eigenvalue weighted by Gasteiger charge is 2.04. The zero-order valence-electron chi connectivity index (χ0n) is 5.24. The Kier molecular flexibility index (Phi) is 2.68. The SMILES string of the molecule is N#Cc1cc(I)c(F)cc1Cl. The van der Waals surface area contributed by atoms with Crippen LogP contribution in [-0.2, 0) is 0 Å². The molecule has 4 heteroatoms. The van der Waals surface area contributed by atoms with Gasteiger partial charge in [0.05, 0.1) is 14.2 Å². The minimum atomic E-state index is -0.394. The van der Waals surface area contributed by atoms with Gasteiger partial charge in [-0.05, 0) is 34.7 Å². The third kappa shape index (κ3) is 1.82. The largest absolute Gasteiger partial charge is 0.206 e. The second-order valence-electron chi connectivity index (χ2n) is 1.86. The summed E-state index contributed by atoms with van der Waals surface area (Å²) in [7, 11) is 0. The lowest BCUT2D eigenvalue weighted by Gasteiger charge is -1.96. The van der Waals surface area contributed by atoms with Crippen molar-refractivity contribution >= 4 is 34.2 Å². The molecule has 0 amide bonds. The standard InChI is InChI=1S/C7H2ClFIN/c8-5-2-6(9)7(10)1-4(5)3-11/h1-2H. The molecule has 1 aromatic rings. The molecule has 1 rings (SSSR count). The van der Waals surface area contributed by atoms with Crippen LogP contribution in [0.5, 0.6) is 0 Å². The molecule has 0 heterocycles. The summed E-state index contributed by atoms with van der Waals surface area (Å²) in [6.45, 7) is 0. The Labute approximate surface area is 81.9 Å². The number of nitriles is 1. The van der Waals surface area contributed by atoms with Gasteiger partial charge in [0.1, 0.15) is 11.9 Å². The van der Waals surface area contributed by atoms with Crippen LogP contribution in [0.2, 0.25) is 5.02 Å². The van der Waals surface area contributed by atoms with Gasteiger partial charge in [-0.25, -0.2) is 4.39 Å². The van der Waals surface area contributed by atoms with E-state index in [9.17, 15) is 4.39 Å². The normalized spacial score (nSPS) is 9.27. The van der Waals surface area contributed by atoms with Crippen LogP contribution in [0.25, 0.3) is 0 Å². The first-order valence-corrected chi connectivity index (χ1v) is 4.15. The maximum Gasteiger partial charge on any atom is 0.138 e. The second-order valence-corrected chi connectivity index (χ2v) is 3.43. The van der Waals surface area contributed by atoms with Crippen molar-refractivity contribution in [2.75, 3.05) is 0 Å². The van der Waals surface area contributed by atoms with Gasteiger partial charge in [-0.15, -0.1) is 0 Å². The Bertz CT molecular complexity index is 332. The molecule has 56 valence electrons. The van der Waals surface area contributed by atoms with E-state index in [1.165, 1.54) is 6.07 Å². The minimum absolute atomic E-state index is 0.158. The summed E-state index contributed by atoms with van der Waals surface area (Å²) in [6, 6.07) is 4.42. The zero-order chi connectivity index (χ0) is 8.43. The van der Waals surface area contributed by atoms with Gasteiger partial charge < -0.3 is 0 Å². The van der Waals surface area contributed by atoms with E-state index in [0.29, 0.717) is 9.13 Å². The van der Waals surface area contributed by atoms with Crippen molar-refractivity contribution in [1.29, 1.82) is 5.26 Å². The van der Waals surface area contributed by atoms with Crippen LogP contribution in [-0.4, -0.2) is 0 Å². The average molecular weight is 281 g/mol. The predicted octanol–water partition coefficient (Wildman–Crippen LogP) is 2.96. The van der Waals surface area contributed by atoms with Crippen molar-refractivity contribution in [3.63, 3.8) is 0 Å². The van der Waals surface area contributed by atoms with Crippen LogP contribution in [0.3, 0.4) is 0 Å². The van der Waals surface area contributed by atoms with E-state index in [2.05, 4.69) is 0 Å². The smallest absolute Gasteiger partial charge is 0.138 e. The molecule has 0 aliphatic carbocycles. The number of rotatable bonds is 0. The Morgan fingerprint density at radius 1 is 1.55 bits per heavy atom. The molecule has 0 saturated carbocycles. The van der Waals surface area contributed by atoms with Crippen LogP contribution in [0, 0.1) is 20.7 Å². The number of nitrogens with zero attached hydrogens (tertiary/aromatic N) is 1. The zero-order valence-corrected chi connectivity index (χ0v) is 8.15. The van der Waals surface area contributed by atoms with Gasteiger partial charge in [0.15, 0.2) is 0 Å². The van der Waals surface area contributed by atoms with Crippen LogP contribution >= 0.6 is 34.2 Å². The first-order valence-electron chi connectivity index (χ1n) is 2.70. The Hall–Kier alpha value is -0.340. The summed E-state index contributed by atoms with van der Waals surface area (Å²) in [5.41, 5.74) is 0.303. The van der Waals surface area contributed by atoms with Crippen LogP contribution < -0.4 is 0 Å². The Morgan fingerprint density at radius 2 is 2.18 bits per heavy atom. The van der Waals surface area contributed by atoms with E-state index in [0.717, 1.165) is 6.07 Å². The number of hydrogen-bond acceptors (Lipinski definition) is 1. The number of hydrogen-bond donors (Lipinski definition) is 0. The predicted molar refractivity (Wildman–Crippen MR) is 48.8 cm³/mol. The van der Waals surface area contributed by atoms with Gasteiger partial charge in [0, 0.05) is 0 Å². The molecule has 0 saturated heterocycles. The van der Waals surface area contributed by atoms with Crippen molar-refractivity contribution in [1.82, 2.24) is 0 Å². The monoisotopic (exact) mass is 281 g/mol. The summed E-state index contributed by atoms with van der Waals surface area (Å²) < 4.78 is 13.1. The molecular formula is C7H2ClFIN. The maximum atomic E-state index is 12.7. The molecule has 1 nitrogen and oxygen atoms in total. The molecule has 0 atom stereocenters. The lowest BCUT2D eigenvalue weighted by molar-refractivity contribution is 0.620. The summed E-state index contributed by atoms with van der Waals surface area (Å²) >= 11 is 7.34. The molecule has 0 fully saturated rings. The fourth-order valence-corrected chi connectivity index (χ4v) is 1.27. The van der Waals surface area contributed by atoms with Gasteiger partial charge in [0.25, 0.3) is 0 Å². The van der Waals surface area contributed by atoms with E-state index in [-0.39, 0.29) is 5.02 Å². The number of halogens is 3. The first-order chi connectivity index (χ1) is 5.15. The highest BCUT2D eigenvalue weighted by Crippen LogP contribution is 2.20. The molecule has 0 radical (unpaired) electrons. The molecule has 0 aliphatic rings. The third-order valence-corrected chi connectivity index (χ3v) is 2.27. The maximum absolute atomic E-state index is 12.7. The van der Waals surface area contributed by atoms with E-state index in [1.54, 1.807) is 22.6 Å². The van der Waals surface area contributed by atoms with E-state index in [4.69, 9.17) is 16.9 Å². The molecule has 11 heavy (non-hydrogen) atoms. The van der Waals surface area contributed by atoms with Crippen molar-refractivity contribution in [3.8, 4) is 6.07 Å². The lowest BCUT2D eigenvalue weighted by atomic mass is 10.2. The fraction of sp³-hybridized carbons (Fsp3) is 0. The topological polar surface area (TPSA) is 23.8 Å². The molecule has 0 spiro atoms. The van der Waals surface area contributed by atoms with Crippen molar-refractivity contribution < 1.29 is 4.39 Å². The third-order valence-electron chi connectivity index (χ3n) is 1.13. The van der Waals surface area contributed by atoms with Crippen LogP contribution in [0.1, 0.15) is 5.56 Å². The molecule has 1 aromatic carbocycles. The van der Waals surface area contributed by atoms with E-state index in [1.807, 2.05) is 6.07 Å². The van der Waals surface area contributed by atoms with Gasteiger partial charge in [0.2, 0.25) is 0 Å². The van der Waals surface area contributed by atoms with E-state index >= 15 is 0 Å². The summed E-state index contributed by atoms with van der Waals surface area (Å²) in [4.78, 5) is 0. The van der Waals surface area contributed by atoms with Crippen LogP contribution in [0.15, 0.2) is 12.1 Å². The first kappa shape index (κ1) is 8.75. The highest BCUT2D eigenvalue weighted by atomic mass is 127. The van der Waals surface area contributed by atoms with Gasteiger partial charge in [-0.2, -0.15) is 5.26 Å². The quantitative estimate of drug-likeness (QED) is 0.530. The molecular weight excluding hydrogens is 279 g/mol. The summed E-state index contributed by atoms with van der Waals surface area (Å²) in [5.74, 6) is -0.394. The fourth-order valence-electron chi connectivity index (χ4n) is 0.608. The minimum Gasteiger partial charge on any atom is -0.206 e. The van der Waals surface area contributed by atoms with Crippen molar-refractivity contribution in [2.24, 2.45) is 0 Å². The van der Waals surface area contributed by atoms with Crippen molar-refractivity contribution in [2.45, 2.75) is 0 Å². The van der Waals surface area contributed by atoms with Gasteiger partial charge in [-0.3, -0.25) is 0 Å². The summed E-state index contributed by atoms with van der Waals surface area (Å²) in [5, 5.41) is 8.63. The van der Waals surface area contributed by atoms with E-state index < -0.39 is 5.82 Å². The average Bonchev–Trinajstić information content (AvgIpc) is 1.97. The molecule has 0 unspecified atom stereocenters. The lowest BCUT2D eigenvalue weighted by Crippen LogP contribution is -1.84. The number of benzene rings is 1. The van der Waals surface area contributed by atoms with Crippen LogP contribution in [0.4, 0.5) is 4.39 Å². The molecule has 0 aliphatic heterocycles. The van der Waals surface area contributed by atoms with Gasteiger partial charge in [-0.1, -0.05) is 11.6 Å². The Balaban J connectivity index is 3.35. The molecule has 0 bridgehead atoms. The van der Waals surface area contributed by atoms with Gasteiger partial charge >= 0.3 is 0 Å². The van der Waals surface area contributed by atoms with Crippen molar-refractivity contribution in [3.05, 3.63) is 32.1 Å². The second kappa shape index (κ2) is 3.37.